The lowest BCUT2D eigenvalue weighted by Gasteiger charge is -2.67. The maximum absolute atomic E-state index is 11.6. The topological polar surface area (TPSA) is 121 Å². The summed E-state index contributed by atoms with van der Waals surface area (Å²) in [5, 5.41) is 62.8. The van der Waals surface area contributed by atoms with Gasteiger partial charge >= 0.3 is 0 Å². The van der Waals surface area contributed by atoms with Gasteiger partial charge in [-0.1, -0.05) is 20.8 Å². The highest BCUT2D eigenvalue weighted by molar-refractivity contribution is 5.17. The maximum atomic E-state index is 11.6. The molecular weight excluding hydrogens is 336 g/mol. The molecule has 0 bridgehead atoms. The normalized spacial score (nSPS) is 55.7. The molecule has 2 unspecified atom stereocenters. The van der Waals surface area contributed by atoms with Crippen LogP contribution in [-0.2, 0) is 0 Å². The quantitative estimate of drug-likeness (QED) is 0.427. The molecule has 6 N–H and O–H groups in total. The van der Waals surface area contributed by atoms with Gasteiger partial charge in [0.15, 0.2) is 0 Å². The van der Waals surface area contributed by atoms with Crippen LogP contribution in [0.15, 0.2) is 0 Å². The van der Waals surface area contributed by atoms with Gasteiger partial charge < -0.3 is 30.6 Å². The molecule has 0 aromatic carbocycles. The van der Waals surface area contributed by atoms with E-state index in [2.05, 4.69) is 6.92 Å². The first kappa shape index (κ1) is 20.5. The third-order valence-electron chi connectivity index (χ3n) is 8.75. The third-order valence-corrected chi connectivity index (χ3v) is 8.75. The lowest BCUT2D eigenvalue weighted by atomic mass is 9.40. The molecule has 0 amide bonds. The van der Waals surface area contributed by atoms with Crippen molar-refractivity contribution in [2.75, 3.05) is 13.2 Å². The second-order valence-corrected chi connectivity index (χ2v) is 10.1. The van der Waals surface area contributed by atoms with Crippen LogP contribution in [0.2, 0.25) is 0 Å². The van der Waals surface area contributed by atoms with E-state index in [9.17, 15) is 30.6 Å². The fraction of sp³-hybridized carbons (Fsp3) is 1.00. The fourth-order valence-electron chi connectivity index (χ4n) is 6.87. The largest absolute Gasteiger partial charge is 0.396 e. The molecular formula is C20H36O6. The Morgan fingerprint density at radius 3 is 2.19 bits per heavy atom. The standard InChI is InChI=1S/C20H36O6/c1-17(16(25)9-21)6-4-12-18(2)7-5-14(23)19(3,11-22)13(18)8-15(24)20(12,26)10-17/h12-16,21-26H,4-11H2,1-3H3/t12-,13+,14-,15?,16?,17+,18-,19+,20+/m0/s1. The first-order valence-electron chi connectivity index (χ1n) is 9.96. The average Bonchev–Trinajstić information content (AvgIpc) is 2.60. The van der Waals surface area contributed by atoms with Crippen molar-refractivity contribution in [2.45, 2.75) is 83.2 Å². The van der Waals surface area contributed by atoms with E-state index in [1.165, 1.54) is 0 Å². The van der Waals surface area contributed by atoms with Gasteiger partial charge in [0.2, 0.25) is 0 Å². The minimum Gasteiger partial charge on any atom is -0.396 e. The molecule has 0 radical (unpaired) electrons. The van der Waals surface area contributed by atoms with Gasteiger partial charge in [-0.3, -0.25) is 0 Å². The van der Waals surface area contributed by atoms with E-state index in [4.69, 9.17) is 0 Å². The van der Waals surface area contributed by atoms with E-state index >= 15 is 0 Å². The summed E-state index contributed by atoms with van der Waals surface area (Å²) in [7, 11) is 0. The lowest BCUT2D eigenvalue weighted by molar-refractivity contribution is -0.277. The van der Waals surface area contributed by atoms with Gasteiger partial charge in [-0.05, 0) is 61.2 Å². The Balaban J connectivity index is 1.99. The summed E-state index contributed by atoms with van der Waals surface area (Å²) in [6.45, 7) is 5.38. The Labute approximate surface area is 155 Å². The lowest BCUT2D eigenvalue weighted by Crippen LogP contribution is -2.70. The van der Waals surface area contributed by atoms with Crippen LogP contribution in [0.25, 0.3) is 0 Å². The van der Waals surface area contributed by atoms with Crippen molar-refractivity contribution in [1.82, 2.24) is 0 Å². The molecule has 0 aliphatic heterocycles. The molecule has 152 valence electrons. The predicted octanol–water partition coefficient (Wildman–Crippen LogP) is 0.417. The van der Waals surface area contributed by atoms with Gasteiger partial charge in [0.25, 0.3) is 0 Å². The average molecular weight is 373 g/mol. The van der Waals surface area contributed by atoms with Crippen LogP contribution in [0, 0.1) is 28.1 Å². The van der Waals surface area contributed by atoms with Gasteiger partial charge in [0.05, 0.1) is 37.1 Å². The van der Waals surface area contributed by atoms with Crippen molar-refractivity contribution in [3.8, 4) is 0 Å². The second kappa shape index (κ2) is 6.39. The molecule has 0 spiro atoms. The first-order valence-corrected chi connectivity index (χ1v) is 9.96. The zero-order chi connectivity index (χ0) is 19.5. The molecule has 0 heterocycles. The number of hydrogen-bond donors (Lipinski definition) is 6. The van der Waals surface area contributed by atoms with Crippen molar-refractivity contribution in [1.29, 1.82) is 0 Å². The Morgan fingerprint density at radius 1 is 0.962 bits per heavy atom. The molecule has 0 aromatic rings. The van der Waals surface area contributed by atoms with Gasteiger partial charge in [0.1, 0.15) is 0 Å². The van der Waals surface area contributed by atoms with Crippen LogP contribution >= 0.6 is 0 Å². The number of aliphatic hydroxyl groups is 6. The van der Waals surface area contributed by atoms with Gasteiger partial charge in [0, 0.05) is 5.41 Å². The first-order chi connectivity index (χ1) is 12.0. The molecule has 3 aliphatic rings. The summed E-state index contributed by atoms with van der Waals surface area (Å²) < 4.78 is 0. The van der Waals surface area contributed by atoms with E-state index in [1.54, 1.807) is 0 Å². The molecule has 3 aliphatic carbocycles. The van der Waals surface area contributed by atoms with Crippen LogP contribution in [0.4, 0.5) is 0 Å². The van der Waals surface area contributed by atoms with Crippen LogP contribution in [0.3, 0.4) is 0 Å². The molecule has 26 heavy (non-hydrogen) atoms. The van der Waals surface area contributed by atoms with Crippen molar-refractivity contribution in [3.63, 3.8) is 0 Å². The van der Waals surface area contributed by atoms with Gasteiger partial charge in [-0.2, -0.15) is 0 Å². The summed E-state index contributed by atoms with van der Waals surface area (Å²) in [6.07, 6.45) is 0.664. The Hall–Kier alpha value is -0.240. The molecule has 3 fully saturated rings. The third kappa shape index (κ3) is 2.60. The highest BCUT2D eigenvalue weighted by Gasteiger charge is 2.67. The van der Waals surface area contributed by atoms with Gasteiger partial charge in [-0.15, -0.1) is 0 Å². The van der Waals surface area contributed by atoms with Crippen LogP contribution in [-0.4, -0.2) is 67.8 Å². The zero-order valence-electron chi connectivity index (χ0n) is 16.2. The molecule has 9 atom stereocenters. The van der Waals surface area contributed by atoms with Crippen LogP contribution in [0.1, 0.15) is 59.3 Å². The zero-order valence-corrected chi connectivity index (χ0v) is 16.2. The van der Waals surface area contributed by atoms with E-state index in [1.807, 2.05) is 13.8 Å². The van der Waals surface area contributed by atoms with Crippen molar-refractivity contribution < 1.29 is 30.6 Å². The van der Waals surface area contributed by atoms with E-state index in [0.717, 1.165) is 6.42 Å². The molecule has 3 rings (SSSR count). The number of aliphatic hydroxyl groups excluding tert-OH is 5. The number of fused-ring (bicyclic) bond motifs is 3. The van der Waals surface area contributed by atoms with Crippen LogP contribution in [0.5, 0.6) is 0 Å². The van der Waals surface area contributed by atoms with E-state index < -0.39 is 34.7 Å². The second-order valence-electron chi connectivity index (χ2n) is 10.1. The van der Waals surface area contributed by atoms with Crippen molar-refractivity contribution >= 4 is 0 Å². The molecule has 6 nitrogen and oxygen atoms in total. The fourth-order valence-corrected chi connectivity index (χ4v) is 6.87. The monoisotopic (exact) mass is 372 g/mol. The Bertz CT molecular complexity index is 542. The maximum Gasteiger partial charge on any atom is 0.0944 e. The SMILES string of the molecule is C[C@@]1(C(O)CO)CC[C@H]2[C@]3(C)CC[C@H](O)[C@](C)(CO)[C@@H]3CC(O)[C@@]2(O)C1. The van der Waals surface area contributed by atoms with Gasteiger partial charge in [-0.25, -0.2) is 0 Å². The minimum absolute atomic E-state index is 0.0869. The smallest absolute Gasteiger partial charge is 0.0944 e. The summed E-state index contributed by atoms with van der Waals surface area (Å²) in [4.78, 5) is 0. The van der Waals surface area contributed by atoms with E-state index in [0.29, 0.717) is 25.7 Å². The Kier molecular flexibility index (Phi) is 5.04. The Morgan fingerprint density at radius 2 is 1.62 bits per heavy atom. The molecule has 6 heteroatoms. The summed E-state index contributed by atoms with van der Waals surface area (Å²) in [5.74, 6) is -0.253. The highest BCUT2D eigenvalue weighted by atomic mass is 16.3. The van der Waals surface area contributed by atoms with Crippen molar-refractivity contribution in [3.05, 3.63) is 0 Å². The summed E-state index contributed by atoms with van der Waals surface area (Å²) in [5.41, 5.74) is -2.96. The molecule has 0 aromatic heterocycles. The minimum atomic E-state index is -1.33. The highest BCUT2D eigenvalue weighted by Crippen LogP contribution is 2.66. The molecule has 0 saturated heterocycles. The predicted molar refractivity (Wildman–Crippen MR) is 96.1 cm³/mol. The van der Waals surface area contributed by atoms with Crippen molar-refractivity contribution in [2.24, 2.45) is 28.1 Å². The summed E-state index contributed by atoms with van der Waals surface area (Å²) in [6, 6.07) is 0. The number of hydrogen-bond acceptors (Lipinski definition) is 6. The van der Waals surface area contributed by atoms with Crippen LogP contribution < -0.4 is 0 Å². The molecule has 3 saturated carbocycles. The van der Waals surface area contributed by atoms with E-state index in [-0.39, 0.29) is 36.9 Å². The summed E-state index contributed by atoms with van der Waals surface area (Å²) >= 11 is 0. The number of rotatable bonds is 3.